The number of cyclic esters (lactones) is 1. The van der Waals surface area contributed by atoms with E-state index in [4.69, 9.17) is 9.47 Å². The maximum absolute atomic E-state index is 14.1. The first kappa shape index (κ1) is 39.7. The van der Waals surface area contributed by atoms with Crippen LogP contribution in [0.2, 0.25) is 0 Å². The van der Waals surface area contributed by atoms with Gasteiger partial charge in [-0.05, 0) is 104 Å². The highest BCUT2D eigenvalue weighted by molar-refractivity contribution is 5.96. The Morgan fingerprint density at radius 2 is 1.74 bits per heavy atom. The monoisotopic (exact) mass is 639 g/mol. The second-order valence-corrected chi connectivity index (χ2v) is 14.7. The highest BCUT2D eigenvalue weighted by Crippen LogP contribution is 2.44. The fraction of sp³-hybridized carbons (Fsp3) is 0.700. The van der Waals surface area contributed by atoms with Crippen LogP contribution in [0.25, 0.3) is 0 Å². The van der Waals surface area contributed by atoms with Crippen molar-refractivity contribution in [3.63, 3.8) is 0 Å². The summed E-state index contributed by atoms with van der Waals surface area (Å²) < 4.78 is 13.0. The summed E-state index contributed by atoms with van der Waals surface area (Å²) >= 11 is 0. The lowest BCUT2D eigenvalue weighted by Crippen LogP contribution is -2.43. The van der Waals surface area contributed by atoms with E-state index in [1.165, 1.54) is 0 Å². The summed E-state index contributed by atoms with van der Waals surface area (Å²) in [4.78, 5) is 32.2. The Morgan fingerprint density at radius 3 is 2.28 bits per heavy atom. The molecule has 0 saturated carbocycles. The normalized spacial score (nSPS) is 36.6. The van der Waals surface area contributed by atoms with Crippen LogP contribution >= 0.6 is 0 Å². The van der Waals surface area contributed by atoms with Crippen molar-refractivity contribution in [1.29, 1.82) is 0 Å². The molecule has 46 heavy (non-hydrogen) atoms. The number of ketones is 1. The van der Waals surface area contributed by atoms with E-state index in [0.717, 1.165) is 42.5 Å². The zero-order valence-corrected chi connectivity index (χ0v) is 31.1. The minimum atomic E-state index is -0.618. The molecule has 0 aromatic heterocycles. The van der Waals surface area contributed by atoms with Gasteiger partial charge in [-0.3, -0.25) is 9.59 Å². The number of Topliss-reactive ketones (excluding diaryl/α,β-unsaturated/α-hetero) is 1. The Hall–Kier alpha value is -2.44. The van der Waals surface area contributed by atoms with E-state index < -0.39 is 17.4 Å². The molecule has 1 saturated heterocycles. The summed E-state index contributed by atoms with van der Waals surface area (Å²) in [5.74, 6) is -0.234. The minimum Gasteiger partial charge on any atom is -0.461 e. The second-order valence-electron chi connectivity index (χ2n) is 14.7. The van der Waals surface area contributed by atoms with Crippen LogP contribution < -0.4 is 0 Å². The van der Waals surface area contributed by atoms with Crippen LogP contribution in [-0.2, 0) is 19.1 Å². The molecule has 1 fully saturated rings. The van der Waals surface area contributed by atoms with Crippen LogP contribution in [-0.4, -0.2) is 60.0 Å². The summed E-state index contributed by atoms with van der Waals surface area (Å²) in [5.41, 5.74) is 1.82. The Labute approximate surface area is 282 Å². The summed E-state index contributed by atoms with van der Waals surface area (Å²) in [7, 11) is 4.30. The highest BCUT2D eigenvalue weighted by Gasteiger charge is 2.42. The molecular weight excluding hydrogens is 572 g/mol. The van der Waals surface area contributed by atoms with Crippen LogP contribution in [0, 0.1) is 35.0 Å². The molecule has 6 nitrogen and oxygen atoms in total. The van der Waals surface area contributed by atoms with Crippen molar-refractivity contribution in [2.24, 2.45) is 35.0 Å². The van der Waals surface area contributed by atoms with Gasteiger partial charge < -0.3 is 19.3 Å². The summed E-state index contributed by atoms with van der Waals surface area (Å²) in [6.45, 7) is 31.5. The standard InChI is InChI=1S/C40H66N2O4/c1-15-19-42(18-4)29(8)25-40(17-3)24-28(7)38(43)27(6)20-26(5)36(23-35-22-34(41(13)14)21-30(9)45-35)32(11)31(10)33(12)39(44)46-37(40)16-2/h15,18-19,24,26-27,30,32-37H,4,8,10,16-17,20-23,25H2,1-3,5-7,9,11-14H3/b19-15-,28-24+/t26?,27-,30?,32?,33?,34+,35?,36+,37?,40-/m1/s1. The van der Waals surface area contributed by atoms with Gasteiger partial charge in [0.05, 0.1) is 18.1 Å². The number of hydrogen-bond acceptors (Lipinski definition) is 6. The first-order valence-electron chi connectivity index (χ1n) is 17.7. The van der Waals surface area contributed by atoms with Crippen molar-refractivity contribution in [3.8, 4) is 0 Å². The van der Waals surface area contributed by atoms with Gasteiger partial charge in [0.15, 0.2) is 5.78 Å². The molecule has 2 aliphatic heterocycles. The van der Waals surface area contributed by atoms with Gasteiger partial charge in [0.2, 0.25) is 0 Å². The fourth-order valence-electron chi connectivity index (χ4n) is 8.07. The zero-order valence-electron chi connectivity index (χ0n) is 31.1. The van der Waals surface area contributed by atoms with Gasteiger partial charge in [0.1, 0.15) is 6.10 Å². The number of esters is 1. The molecule has 0 bridgehead atoms. The zero-order chi connectivity index (χ0) is 34.9. The molecule has 0 spiro atoms. The average molecular weight is 639 g/mol. The van der Waals surface area contributed by atoms with Gasteiger partial charge in [0, 0.05) is 41.9 Å². The molecule has 10 atom stereocenters. The Morgan fingerprint density at radius 1 is 1.09 bits per heavy atom. The number of nitrogens with zero attached hydrogens (tertiary/aromatic N) is 2. The lowest BCUT2D eigenvalue weighted by molar-refractivity contribution is -0.158. The van der Waals surface area contributed by atoms with E-state index >= 15 is 0 Å². The summed E-state index contributed by atoms with van der Waals surface area (Å²) in [6.07, 6.45) is 13.0. The maximum Gasteiger partial charge on any atom is 0.313 e. The Kier molecular flexibility index (Phi) is 15.2. The first-order valence-corrected chi connectivity index (χ1v) is 17.7. The topological polar surface area (TPSA) is 59.1 Å². The summed E-state index contributed by atoms with van der Waals surface area (Å²) in [5, 5.41) is 0. The fourth-order valence-corrected chi connectivity index (χ4v) is 8.07. The number of hydrogen-bond donors (Lipinski definition) is 0. The molecule has 2 aliphatic rings. The predicted octanol–water partition coefficient (Wildman–Crippen LogP) is 9.11. The molecule has 0 aromatic rings. The lowest BCUT2D eigenvalue weighted by atomic mass is 9.69. The second kappa shape index (κ2) is 17.6. The van der Waals surface area contributed by atoms with E-state index in [0.29, 0.717) is 25.3 Å². The van der Waals surface area contributed by atoms with Gasteiger partial charge in [-0.25, -0.2) is 0 Å². The van der Waals surface area contributed by atoms with Crippen LogP contribution in [0.3, 0.4) is 0 Å². The van der Waals surface area contributed by atoms with Crippen LogP contribution in [0.5, 0.6) is 0 Å². The van der Waals surface area contributed by atoms with E-state index in [-0.39, 0.29) is 47.6 Å². The van der Waals surface area contributed by atoms with E-state index in [1.807, 2.05) is 44.9 Å². The van der Waals surface area contributed by atoms with Crippen LogP contribution in [0.4, 0.5) is 0 Å². The van der Waals surface area contributed by atoms with Gasteiger partial charge in [-0.15, -0.1) is 0 Å². The SMILES string of the molecule is C=CN(/C=C\C)C(=C)C[C@@]1(CC)/C=C(\C)C(=O)[C@H](C)CC(C)[C@H](CC2C[C@@H](N(C)C)CC(C)O2)C(C)C(=C)C(C)C(=O)OC1CC. The molecular formula is C40H66N2O4. The van der Waals surface area contributed by atoms with Crippen molar-refractivity contribution in [2.45, 2.75) is 132 Å². The van der Waals surface area contributed by atoms with E-state index in [9.17, 15) is 9.59 Å². The molecule has 0 aliphatic carbocycles. The van der Waals surface area contributed by atoms with Crippen molar-refractivity contribution < 1.29 is 19.1 Å². The Balaban J connectivity index is 2.59. The molecule has 6 heteroatoms. The number of allylic oxidation sites excluding steroid dienone is 3. The van der Waals surface area contributed by atoms with Gasteiger partial charge in [0.25, 0.3) is 0 Å². The third-order valence-electron chi connectivity index (χ3n) is 11.1. The molecule has 260 valence electrons. The highest BCUT2D eigenvalue weighted by atomic mass is 16.5. The van der Waals surface area contributed by atoms with Crippen LogP contribution in [0.15, 0.2) is 61.1 Å². The smallest absolute Gasteiger partial charge is 0.313 e. The molecule has 2 heterocycles. The Bertz CT molecular complexity index is 1140. The minimum absolute atomic E-state index is 0.0517. The van der Waals surface area contributed by atoms with Crippen molar-refractivity contribution in [2.75, 3.05) is 14.1 Å². The third-order valence-corrected chi connectivity index (χ3v) is 11.1. The molecule has 0 amide bonds. The summed E-state index contributed by atoms with van der Waals surface area (Å²) in [6, 6.07) is 0.473. The molecule has 6 unspecified atom stereocenters. The number of carbonyl (C=O) groups excluding carboxylic acids is 2. The van der Waals surface area contributed by atoms with Crippen LogP contribution in [0.1, 0.15) is 107 Å². The number of ether oxygens (including phenoxy) is 2. The first-order chi connectivity index (χ1) is 21.5. The quantitative estimate of drug-likeness (QED) is 0.176. The van der Waals surface area contributed by atoms with Gasteiger partial charge >= 0.3 is 5.97 Å². The number of carbonyl (C=O) groups is 2. The van der Waals surface area contributed by atoms with Crippen molar-refractivity contribution >= 4 is 11.8 Å². The molecule has 2 rings (SSSR count). The maximum atomic E-state index is 14.1. The van der Waals surface area contributed by atoms with Crippen molar-refractivity contribution in [1.82, 2.24) is 9.80 Å². The van der Waals surface area contributed by atoms with E-state index in [2.05, 4.69) is 79.4 Å². The molecule has 0 N–H and O–H groups in total. The largest absolute Gasteiger partial charge is 0.461 e. The third kappa shape index (κ3) is 9.79. The van der Waals surface area contributed by atoms with Crippen molar-refractivity contribution in [3.05, 3.63) is 61.1 Å². The molecule has 0 radical (unpaired) electrons. The predicted molar refractivity (Wildman–Crippen MR) is 192 cm³/mol. The van der Waals surface area contributed by atoms with E-state index in [1.54, 1.807) is 6.20 Å². The van der Waals surface area contributed by atoms with Gasteiger partial charge in [-0.2, -0.15) is 0 Å². The lowest BCUT2D eigenvalue weighted by Gasteiger charge is -2.42. The molecule has 0 aromatic carbocycles. The number of rotatable bonds is 10. The van der Waals surface area contributed by atoms with Gasteiger partial charge in [-0.1, -0.05) is 72.1 Å². The average Bonchev–Trinajstić information content (AvgIpc) is 3.01.